The van der Waals surface area contributed by atoms with Crippen molar-refractivity contribution in [2.24, 2.45) is 5.92 Å². The molecule has 0 spiro atoms. The topological polar surface area (TPSA) is 16.4 Å². The third kappa shape index (κ3) is 5.04. The van der Waals surface area contributed by atoms with Crippen LogP contribution in [0.5, 0.6) is 0 Å². The normalized spacial score (nSPS) is 13.2. The van der Waals surface area contributed by atoms with Crippen molar-refractivity contribution in [1.82, 2.24) is 4.90 Å². The molecule has 3 heteroatoms. The minimum Gasteiger partial charge on any atom is -0.468 e. The first-order chi connectivity index (χ1) is 7.76. The second kappa shape index (κ2) is 7.75. The SMILES string of the molecule is CCN(CCC(C)CCCl)Cc1ccco1. The fourth-order valence-electron chi connectivity index (χ4n) is 1.71. The van der Waals surface area contributed by atoms with E-state index in [1.54, 1.807) is 6.26 Å². The number of nitrogens with zero attached hydrogens (tertiary/aromatic N) is 1. The molecule has 16 heavy (non-hydrogen) atoms. The van der Waals surface area contributed by atoms with Crippen molar-refractivity contribution in [3.05, 3.63) is 24.2 Å². The highest BCUT2D eigenvalue weighted by Gasteiger charge is 2.08. The molecule has 0 aromatic carbocycles. The summed E-state index contributed by atoms with van der Waals surface area (Å²) in [6.45, 7) is 7.55. The van der Waals surface area contributed by atoms with Crippen LogP contribution in [0.1, 0.15) is 32.4 Å². The van der Waals surface area contributed by atoms with E-state index in [4.69, 9.17) is 16.0 Å². The summed E-state index contributed by atoms with van der Waals surface area (Å²) in [5, 5.41) is 0. The van der Waals surface area contributed by atoms with E-state index >= 15 is 0 Å². The molecule has 1 atom stereocenters. The zero-order chi connectivity index (χ0) is 11.8. The Morgan fingerprint density at radius 2 is 2.25 bits per heavy atom. The number of hydrogen-bond donors (Lipinski definition) is 0. The van der Waals surface area contributed by atoms with E-state index in [0.29, 0.717) is 5.92 Å². The number of halogens is 1. The van der Waals surface area contributed by atoms with Crippen LogP contribution in [0.4, 0.5) is 0 Å². The summed E-state index contributed by atoms with van der Waals surface area (Å²) in [4.78, 5) is 2.41. The number of rotatable bonds is 8. The van der Waals surface area contributed by atoms with Crippen molar-refractivity contribution in [3.63, 3.8) is 0 Å². The maximum Gasteiger partial charge on any atom is 0.117 e. The van der Waals surface area contributed by atoms with Gasteiger partial charge in [0.1, 0.15) is 5.76 Å². The zero-order valence-corrected chi connectivity index (χ0v) is 11.0. The summed E-state index contributed by atoms with van der Waals surface area (Å²) in [5.41, 5.74) is 0. The van der Waals surface area contributed by atoms with Crippen molar-refractivity contribution in [2.75, 3.05) is 19.0 Å². The second-order valence-electron chi connectivity index (χ2n) is 4.32. The molecule has 1 heterocycles. The van der Waals surface area contributed by atoms with E-state index in [-0.39, 0.29) is 0 Å². The molecule has 1 aromatic heterocycles. The van der Waals surface area contributed by atoms with Gasteiger partial charge in [0.05, 0.1) is 12.8 Å². The van der Waals surface area contributed by atoms with Crippen molar-refractivity contribution < 1.29 is 4.42 Å². The Hall–Kier alpha value is -0.470. The molecule has 2 nitrogen and oxygen atoms in total. The maximum atomic E-state index is 5.73. The summed E-state index contributed by atoms with van der Waals surface area (Å²) in [7, 11) is 0. The highest BCUT2D eigenvalue weighted by atomic mass is 35.5. The van der Waals surface area contributed by atoms with Gasteiger partial charge in [-0.3, -0.25) is 4.90 Å². The number of alkyl halides is 1. The van der Waals surface area contributed by atoms with E-state index in [2.05, 4.69) is 18.7 Å². The summed E-state index contributed by atoms with van der Waals surface area (Å²) < 4.78 is 5.36. The van der Waals surface area contributed by atoms with Crippen LogP contribution in [0.25, 0.3) is 0 Å². The largest absolute Gasteiger partial charge is 0.468 e. The van der Waals surface area contributed by atoms with Gasteiger partial charge in [0, 0.05) is 5.88 Å². The van der Waals surface area contributed by atoms with Gasteiger partial charge >= 0.3 is 0 Å². The van der Waals surface area contributed by atoms with E-state index in [0.717, 1.165) is 37.7 Å². The van der Waals surface area contributed by atoms with Crippen molar-refractivity contribution in [1.29, 1.82) is 0 Å². The van der Waals surface area contributed by atoms with Crippen LogP contribution >= 0.6 is 11.6 Å². The van der Waals surface area contributed by atoms with Crippen LogP contribution in [-0.2, 0) is 6.54 Å². The van der Waals surface area contributed by atoms with E-state index in [1.807, 2.05) is 12.1 Å². The molecule has 0 radical (unpaired) electrons. The molecule has 92 valence electrons. The predicted octanol–water partition coefficient (Wildman–Crippen LogP) is 3.76. The molecule has 0 saturated carbocycles. The number of furan rings is 1. The van der Waals surface area contributed by atoms with Crippen LogP contribution in [0.15, 0.2) is 22.8 Å². The molecular formula is C13H22ClNO. The maximum absolute atomic E-state index is 5.73. The van der Waals surface area contributed by atoms with Gasteiger partial charge in [-0.15, -0.1) is 11.6 Å². The quantitative estimate of drug-likeness (QED) is 0.647. The minimum atomic E-state index is 0.711. The highest BCUT2D eigenvalue weighted by molar-refractivity contribution is 6.17. The number of hydrogen-bond acceptors (Lipinski definition) is 2. The van der Waals surface area contributed by atoms with E-state index in [1.165, 1.54) is 6.42 Å². The average Bonchev–Trinajstić information content (AvgIpc) is 2.77. The van der Waals surface area contributed by atoms with Gasteiger partial charge in [-0.05, 0) is 44.0 Å². The first-order valence-corrected chi connectivity index (χ1v) is 6.60. The predicted molar refractivity (Wildman–Crippen MR) is 68.8 cm³/mol. The molecule has 0 aliphatic rings. The van der Waals surface area contributed by atoms with Crippen LogP contribution in [0, 0.1) is 5.92 Å². The van der Waals surface area contributed by atoms with Gasteiger partial charge in [0.2, 0.25) is 0 Å². The molecular weight excluding hydrogens is 222 g/mol. The lowest BCUT2D eigenvalue weighted by Gasteiger charge is -2.21. The molecule has 1 rings (SSSR count). The van der Waals surface area contributed by atoms with Gasteiger partial charge in [0.15, 0.2) is 0 Å². The first kappa shape index (κ1) is 13.6. The van der Waals surface area contributed by atoms with E-state index in [9.17, 15) is 0 Å². The van der Waals surface area contributed by atoms with Crippen molar-refractivity contribution in [3.8, 4) is 0 Å². The Balaban J connectivity index is 2.26. The molecule has 1 unspecified atom stereocenters. The molecule has 0 amide bonds. The Morgan fingerprint density at radius 1 is 1.44 bits per heavy atom. The Morgan fingerprint density at radius 3 is 2.81 bits per heavy atom. The minimum absolute atomic E-state index is 0.711. The Bertz CT molecular complexity index is 261. The van der Waals surface area contributed by atoms with Crippen molar-refractivity contribution >= 4 is 11.6 Å². The molecule has 0 aliphatic heterocycles. The Kier molecular flexibility index (Phi) is 6.58. The van der Waals surface area contributed by atoms with Gasteiger partial charge < -0.3 is 4.42 Å². The molecule has 0 saturated heterocycles. The lowest BCUT2D eigenvalue weighted by molar-refractivity contribution is 0.238. The van der Waals surface area contributed by atoms with Gasteiger partial charge in [-0.25, -0.2) is 0 Å². The van der Waals surface area contributed by atoms with Crippen LogP contribution in [0.3, 0.4) is 0 Å². The zero-order valence-electron chi connectivity index (χ0n) is 10.3. The summed E-state index contributed by atoms with van der Waals surface area (Å²) in [6.07, 6.45) is 4.06. The van der Waals surface area contributed by atoms with E-state index < -0.39 is 0 Å². The van der Waals surface area contributed by atoms with Gasteiger partial charge in [-0.1, -0.05) is 13.8 Å². The van der Waals surface area contributed by atoms with Gasteiger partial charge in [-0.2, -0.15) is 0 Å². The molecule has 0 fully saturated rings. The average molecular weight is 244 g/mol. The molecule has 1 aromatic rings. The van der Waals surface area contributed by atoms with Crippen LogP contribution in [-0.4, -0.2) is 23.9 Å². The Labute approximate surface area is 104 Å². The lowest BCUT2D eigenvalue weighted by atomic mass is 10.1. The smallest absolute Gasteiger partial charge is 0.117 e. The highest BCUT2D eigenvalue weighted by Crippen LogP contribution is 2.11. The molecule has 0 bridgehead atoms. The molecule has 0 N–H and O–H groups in total. The standard InChI is InChI=1S/C13H22ClNO/c1-3-15(9-7-12(2)6-8-14)11-13-5-4-10-16-13/h4-5,10,12H,3,6-9,11H2,1-2H3. The van der Waals surface area contributed by atoms with Crippen molar-refractivity contribution in [2.45, 2.75) is 33.2 Å². The lowest BCUT2D eigenvalue weighted by Crippen LogP contribution is -2.25. The third-order valence-corrected chi connectivity index (χ3v) is 3.17. The van der Waals surface area contributed by atoms with Gasteiger partial charge in [0.25, 0.3) is 0 Å². The summed E-state index contributed by atoms with van der Waals surface area (Å²) in [5.74, 6) is 2.53. The summed E-state index contributed by atoms with van der Waals surface area (Å²) >= 11 is 5.73. The summed E-state index contributed by atoms with van der Waals surface area (Å²) in [6, 6.07) is 3.98. The monoisotopic (exact) mass is 243 g/mol. The second-order valence-corrected chi connectivity index (χ2v) is 4.70. The fourth-order valence-corrected chi connectivity index (χ4v) is 2.08. The fraction of sp³-hybridized carbons (Fsp3) is 0.692. The van der Waals surface area contributed by atoms with Crippen LogP contribution < -0.4 is 0 Å². The molecule has 0 aliphatic carbocycles. The first-order valence-electron chi connectivity index (χ1n) is 6.07. The van der Waals surface area contributed by atoms with Crippen LogP contribution in [0.2, 0.25) is 0 Å². The third-order valence-electron chi connectivity index (χ3n) is 2.95.